The van der Waals surface area contributed by atoms with Crippen LogP contribution < -0.4 is 0 Å². The molecule has 0 aliphatic carbocycles. The highest BCUT2D eigenvalue weighted by molar-refractivity contribution is 5.90. The van der Waals surface area contributed by atoms with E-state index in [1.165, 1.54) is 0 Å². The van der Waals surface area contributed by atoms with Crippen molar-refractivity contribution in [2.45, 2.75) is 70.5 Å². The molecule has 0 amide bonds. The van der Waals surface area contributed by atoms with Crippen molar-refractivity contribution in [3.8, 4) is 0 Å². The van der Waals surface area contributed by atoms with E-state index in [4.69, 9.17) is 37.9 Å². The lowest BCUT2D eigenvalue weighted by Gasteiger charge is -2.22. The minimum Gasteiger partial charge on any atom is -0.485 e. The fourth-order valence-electron chi connectivity index (χ4n) is 5.85. The first-order valence-electron chi connectivity index (χ1n) is 17.9. The number of rotatable bonds is 15. The minimum atomic E-state index is -1.29. The fourth-order valence-corrected chi connectivity index (χ4v) is 5.85. The molecule has 4 aromatic carbocycles. The zero-order chi connectivity index (χ0) is 38.6. The van der Waals surface area contributed by atoms with E-state index in [1.54, 1.807) is 0 Å². The zero-order valence-corrected chi connectivity index (χ0v) is 30.6. The van der Waals surface area contributed by atoms with Gasteiger partial charge in [0.2, 0.25) is 11.5 Å². The first-order chi connectivity index (χ1) is 26.7. The average molecular weight is 753 g/mol. The fraction of sp³-hybridized carbons (Fsp3) is 0.302. The van der Waals surface area contributed by atoms with E-state index in [0.29, 0.717) is 19.0 Å². The summed E-state index contributed by atoms with van der Waals surface area (Å²) in [6, 6.07) is 38.1. The largest absolute Gasteiger partial charge is 0.485 e. The molecule has 12 nitrogen and oxygen atoms in total. The van der Waals surface area contributed by atoms with Crippen molar-refractivity contribution in [3.05, 3.63) is 167 Å². The van der Waals surface area contributed by atoms with Crippen molar-refractivity contribution in [1.82, 2.24) is 0 Å². The lowest BCUT2D eigenvalue weighted by molar-refractivity contribution is -0.164. The van der Waals surface area contributed by atoms with E-state index in [-0.39, 0.29) is 37.1 Å². The van der Waals surface area contributed by atoms with Gasteiger partial charge in [-0.2, -0.15) is 0 Å². The molecule has 0 bridgehead atoms. The Bertz CT molecular complexity index is 1910. The minimum absolute atomic E-state index is 0.0812. The van der Waals surface area contributed by atoms with E-state index < -0.39 is 48.7 Å². The van der Waals surface area contributed by atoms with Crippen molar-refractivity contribution in [2.24, 2.45) is 0 Å². The number of ether oxygens (including phenoxy) is 8. The first-order valence-corrected chi connectivity index (χ1v) is 17.9. The number of aliphatic hydroxyl groups is 2. The maximum atomic E-state index is 12.6. The Balaban J connectivity index is 0.000000188. The number of hydrogen-bond acceptors (Lipinski definition) is 12. The van der Waals surface area contributed by atoms with Gasteiger partial charge in [0.15, 0.2) is 29.5 Å². The Morgan fingerprint density at radius 2 is 1.02 bits per heavy atom. The molecule has 3 aliphatic rings. The van der Waals surface area contributed by atoms with Gasteiger partial charge >= 0.3 is 11.9 Å². The van der Waals surface area contributed by atoms with Crippen LogP contribution in [0.5, 0.6) is 0 Å². The number of benzene rings is 4. The molecule has 3 aliphatic heterocycles. The molecule has 4 atom stereocenters. The van der Waals surface area contributed by atoms with Gasteiger partial charge in [0.1, 0.15) is 38.6 Å². The van der Waals surface area contributed by atoms with Crippen LogP contribution in [0.15, 0.2) is 144 Å². The lowest BCUT2D eigenvalue weighted by atomic mass is 10.1. The van der Waals surface area contributed by atoms with Gasteiger partial charge in [0.05, 0.1) is 13.2 Å². The number of carbonyl (C=O) groups excluding carboxylic acids is 2. The van der Waals surface area contributed by atoms with Crippen molar-refractivity contribution in [3.63, 3.8) is 0 Å². The van der Waals surface area contributed by atoms with Crippen LogP contribution in [0.4, 0.5) is 0 Å². The molecule has 0 saturated carbocycles. The van der Waals surface area contributed by atoms with Crippen LogP contribution in [0.1, 0.15) is 36.1 Å². The summed E-state index contributed by atoms with van der Waals surface area (Å²) in [5.74, 6) is -1.57. The Morgan fingerprint density at radius 3 is 1.44 bits per heavy atom. The van der Waals surface area contributed by atoms with E-state index in [0.717, 1.165) is 22.3 Å². The van der Waals surface area contributed by atoms with Gasteiger partial charge in [0.25, 0.3) is 0 Å². The zero-order valence-electron chi connectivity index (χ0n) is 30.6. The Kier molecular flexibility index (Phi) is 13.2. The summed E-state index contributed by atoms with van der Waals surface area (Å²) in [6.07, 6.45) is -3.55. The van der Waals surface area contributed by atoms with E-state index in [1.807, 2.05) is 135 Å². The molecule has 1 saturated heterocycles. The van der Waals surface area contributed by atoms with Crippen molar-refractivity contribution in [1.29, 1.82) is 0 Å². The Hall–Kier alpha value is -5.66. The molecule has 4 aromatic rings. The molecule has 0 radical (unpaired) electrons. The number of cyclic esters (lactones) is 2. The Labute approximate surface area is 319 Å². The molecular weight excluding hydrogens is 708 g/mol. The summed E-state index contributed by atoms with van der Waals surface area (Å²) >= 11 is 0. The number of hydrogen-bond donors (Lipinski definition) is 2. The van der Waals surface area contributed by atoms with Crippen molar-refractivity contribution < 1.29 is 57.7 Å². The molecule has 7 rings (SSSR count). The first kappa shape index (κ1) is 39.0. The van der Waals surface area contributed by atoms with E-state index >= 15 is 0 Å². The molecular formula is C43H44O12. The number of aliphatic hydroxyl groups excluding tert-OH is 2. The Morgan fingerprint density at radius 1 is 0.618 bits per heavy atom. The van der Waals surface area contributed by atoms with Crippen LogP contribution in [-0.4, -0.2) is 65.6 Å². The maximum Gasteiger partial charge on any atom is 0.378 e. The second-order valence-corrected chi connectivity index (χ2v) is 13.3. The maximum absolute atomic E-state index is 12.6. The molecule has 1 fully saturated rings. The predicted octanol–water partition coefficient (Wildman–Crippen LogP) is 5.62. The quantitative estimate of drug-likeness (QED) is 0.145. The lowest BCUT2D eigenvalue weighted by Crippen LogP contribution is -2.33. The third kappa shape index (κ3) is 10.5. The van der Waals surface area contributed by atoms with Gasteiger partial charge < -0.3 is 48.1 Å². The highest BCUT2D eigenvalue weighted by Crippen LogP contribution is 2.35. The van der Waals surface area contributed by atoms with Gasteiger partial charge in [-0.25, -0.2) is 9.59 Å². The van der Waals surface area contributed by atoms with Crippen LogP contribution in [0, 0.1) is 0 Å². The second kappa shape index (κ2) is 18.6. The molecule has 3 heterocycles. The highest BCUT2D eigenvalue weighted by Gasteiger charge is 2.48. The summed E-state index contributed by atoms with van der Waals surface area (Å²) in [5.41, 5.74) is 3.69. The molecule has 2 N–H and O–H groups in total. The van der Waals surface area contributed by atoms with Gasteiger partial charge in [-0.1, -0.05) is 121 Å². The third-order valence-electron chi connectivity index (χ3n) is 8.63. The topological polar surface area (TPSA) is 148 Å². The van der Waals surface area contributed by atoms with Crippen LogP contribution in [0.2, 0.25) is 0 Å². The van der Waals surface area contributed by atoms with Crippen LogP contribution in [-0.2, 0) is 73.9 Å². The standard InChI is InChI=1S/C23H24O6.C20H20O6/c1-23(2)27-15-18(29-23)19-20(25-13-16-9-5-3-6-10-16)21(22(24)28-19)26-14-17-11-7-4-8-12-17;21-11-16(22)17-18(24-12-14-7-3-1-4-8-14)19(20(23)26-17)25-13-15-9-5-2-6-10-15/h3-12,18-19H,13-15H2,1-2H3;1-10,16-17,21-22H,11-13H2. The molecule has 0 spiro atoms. The van der Waals surface area contributed by atoms with Crippen LogP contribution in [0.3, 0.4) is 0 Å². The van der Waals surface area contributed by atoms with Crippen LogP contribution >= 0.6 is 0 Å². The molecule has 288 valence electrons. The van der Waals surface area contributed by atoms with Gasteiger partial charge in [-0.05, 0) is 36.1 Å². The molecule has 4 unspecified atom stereocenters. The smallest absolute Gasteiger partial charge is 0.378 e. The highest BCUT2D eigenvalue weighted by atomic mass is 16.8. The van der Waals surface area contributed by atoms with Crippen molar-refractivity contribution >= 4 is 11.9 Å². The van der Waals surface area contributed by atoms with Crippen molar-refractivity contribution in [2.75, 3.05) is 13.2 Å². The van der Waals surface area contributed by atoms with Crippen LogP contribution in [0.25, 0.3) is 0 Å². The summed E-state index contributed by atoms with van der Waals surface area (Å²) < 4.78 is 45.5. The number of carbonyl (C=O) groups is 2. The number of esters is 2. The van der Waals surface area contributed by atoms with E-state index in [9.17, 15) is 19.8 Å². The third-order valence-corrected chi connectivity index (χ3v) is 8.63. The molecule has 0 aromatic heterocycles. The average Bonchev–Trinajstić information content (AvgIpc) is 3.86. The molecule has 55 heavy (non-hydrogen) atoms. The van der Waals surface area contributed by atoms with Gasteiger partial charge in [-0.3, -0.25) is 0 Å². The van der Waals surface area contributed by atoms with E-state index in [2.05, 4.69) is 0 Å². The predicted molar refractivity (Wildman–Crippen MR) is 197 cm³/mol. The monoisotopic (exact) mass is 752 g/mol. The molecule has 12 heteroatoms. The van der Waals surface area contributed by atoms with Gasteiger partial charge in [-0.15, -0.1) is 0 Å². The summed E-state index contributed by atoms with van der Waals surface area (Å²) in [7, 11) is 0. The SMILES string of the molecule is CC1(C)OCC(C2OC(=O)C(OCc3ccccc3)=C2OCc2ccccc2)O1.O=C1OC(C(O)CO)C(OCc2ccccc2)=C1OCc1ccccc1. The summed E-state index contributed by atoms with van der Waals surface area (Å²) in [4.78, 5) is 24.7. The van der Waals surface area contributed by atoms with Gasteiger partial charge in [0, 0.05) is 0 Å². The summed E-state index contributed by atoms with van der Waals surface area (Å²) in [5, 5.41) is 19.2. The summed E-state index contributed by atoms with van der Waals surface area (Å²) in [6.45, 7) is 4.25. The second-order valence-electron chi connectivity index (χ2n) is 13.3. The normalized spacial score (nSPS) is 20.6.